The molecule has 0 saturated heterocycles. The molecule has 0 aliphatic carbocycles. The van der Waals surface area contributed by atoms with E-state index in [0.29, 0.717) is 5.69 Å². The second-order valence-electron chi connectivity index (χ2n) is 2.71. The number of aromatic carboxylic acids is 1. The quantitative estimate of drug-likeness (QED) is 0.610. The van der Waals surface area contributed by atoms with Gasteiger partial charge < -0.3 is 10.8 Å². The Morgan fingerprint density at radius 1 is 1.46 bits per heavy atom. The van der Waals surface area contributed by atoms with E-state index in [1.165, 1.54) is 18.7 Å². The number of imidazole rings is 1. The molecule has 3 N–H and O–H groups in total. The zero-order valence-corrected chi connectivity index (χ0v) is 7.44. The minimum atomic E-state index is -1.14. The molecule has 0 aromatic carbocycles. The Kier molecular flexibility index (Phi) is 2.24. The minimum absolute atomic E-state index is 0.0359. The molecule has 1 aromatic heterocycles. The van der Waals surface area contributed by atoms with Crippen LogP contribution < -0.4 is 11.4 Å². The van der Waals surface area contributed by atoms with Crippen molar-refractivity contribution < 1.29 is 9.90 Å². The second kappa shape index (κ2) is 3.06. The fourth-order valence-electron chi connectivity index (χ4n) is 1.29. The number of rotatable bonds is 2. The van der Waals surface area contributed by atoms with Gasteiger partial charge in [0, 0.05) is 20.6 Å². The Balaban J connectivity index is 3.57. The highest BCUT2D eigenvalue weighted by atomic mass is 16.4. The first-order valence-corrected chi connectivity index (χ1v) is 3.68. The molecule has 6 heteroatoms. The molecule has 0 radical (unpaired) electrons. The Labute approximate surface area is 74.2 Å². The molecule has 0 unspecified atom stereocenters. The van der Waals surface area contributed by atoms with Crippen LogP contribution in [0.2, 0.25) is 0 Å². The van der Waals surface area contributed by atoms with Gasteiger partial charge in [-0.3, -0.25) is 9.13 Å². The van der Waals surface area contributed by atoms with Crippen LogP contribution in [0.25, 0.3) is 0 Å². The molecule has 0 bridgehead atoms. The third kappa shape index (κ3) is 1.25. The summed E-state index contributed by atoms with van der Waals surface area (Å²) in [4.78, 5) is 22.0. The highest BCUT2D eigenvalue weighted by Gasteiger charge is 2.19. The highest BCUT2D eigenvalue weighted by molar-refractivity contribution is 5.87. The summed E-state index contributed by atoms with van der Waals surface area (Å²) in [6, 6.07) is 0. The maximum atomic E-state index is 11.3. The molecular formula is C7H11N3O3. The average Bonchev–Trinajstić information content (AvgIpc) is 2.29. The Morgan fingerprint density at radius 3 is 2.31 bits per heavy atom. The van der Waals surface area contributed by atoms with E-state index >= 15 is 0 Å². The first kappa shape index (κ1) is 9.53. The molecule has 0 amide bonds. The predicted molar refractivity (Wildman–Crippen MR) is 45.5 cm³/mol. The monoisotopic (exact) mass is 185 g/mol. The number of aromatic nitrogens is 2. The third-order valence-corrected chi connectivity index (χ3v) is 1.98. The first-order chi connectivity index (χ1) is 6.00. The summed E-state index contributed by atoms with van der Waals surface area (Å²) in [5.74, 6) is -1.14. The van der Waals surface area contributed by atoms with Crippen molar-refractivity contribution in [2.75, 3.05) is 0 Å². The summed E-state index contributed by atoms with van der Waals surface area (Å²) in [6.07, 6.45) is 0. The highest BCUT2D eigenvalue weighted by Crippen LogP contribution is 2.04. The van der Waals surface area contributed by atoms with Crippen molar-refractivity contribution in [1.29, 1.82) is 0 Å². The molecule has 0 fully saturated rings. The zero-order chi connectivity index (χ0) is 10.2. The standard InChI is InChI=1S/C7H11N3O3/c1-9-4(3-8)5(6(11)12)10(2)7(9)13/h3,8H2,1-2H3,(H,11,12). The molecule has 72 valence electrons. The van der Waals surface area contributed by atoms with E-state index in [2.05, 4.69) is 0 Å². The van der Waals surface area contributed by atoms with Crippen LogP contribution in [0.1, 0.15) is 16.2 Å². The lowest BCUT2D eigenvalue weighted by atomic mass is 10.3. The lowest BCUT2D eigenvalue weighted by Crippen LogP contribution is -2.21. The SMILES string of the molecule is Cn1c(CN)c(C(=O)O)n(C)c1=O. The van der Waals surface area contributed by atoms with E-state index in [-0.39, 0.29) is 17.9 Å². The second-order valence-corrected chi connectivity index (χ2v) is 2.71. The molecule has 1 heterocycles. The molecule has 1 rings (SSSR count). The van der Waals surface area contributed by atoms with Crippen molar-refractivity contribution >= 4 is 5.97 Å². The number of hydrogen-bond acceptors (Lipinski definition) is 3. The molecule has 0 aliphatic rings. The number of carboxylic acid groups (broad SMARTS) is 1. The minimum Gasteiger partial charge on any atom is -0.477 e. The lowest BCUT2D eigenvalue weighted by Gasteiger charge is -1.98. The first-order valence-electron chi connectivity index (χ1n) is 3.68. The van der Waals surface area contributed by atoms with Crippen molar-refractivity contribution in [1.82, 2.24) is 9.13 Å². The van der Waals surface area contributed by atoms with Gasteiger partial charge in [0.2, 0.25) is 0 Å². The third-order valence-electron chi connectivity index (χ3n) is 1.98. The van der Waals surface area contributed by atoms with Gasteiger partial charge in [-0.15, -0.1) is 0 Å². The van der Waals surface area contributed by atoms with Crippen LogP contribution in [0.5, 0.6) is 0 Å². The molecule has 0 aliphatic heterocycles. The van der Waals surface area contributed by atoms with Crippen molar-refractivity contribution in [3.05, 3.63) is 21.9 Å². The van der Waals surface area contributed by atoms with Gasteiger partial charge in [0.05, 0.1) is 5.69 Å². The van der Waals surface area contributed by atoms with Gasteiger partial charge in [-0.1, -0.05) is 0 Å². The number of nitrogens with two attached hydrogens (primary N) is 1. The Hall–Kier alpha value is -1.56. The van der Waals surface area contributed by atoms with Crippen molar-refractivity contribution in [3.8, 4) is 0 Å². The normalized spacial score (nSPS) is 10.4. The largest absolute Gasteiger partial charge is 0.477 e. The van der Waals surface area contributed by atoms with Gasteiger partial charge in [0.1, 0.15) is 0 Å². The van der Waals surface area contributed by atoms with Crippen molar-refractivity contribution in [2.45, 2.75) is 6.54 Å². The molecule has 13 heavy (non-hydrogen) atoms. The molecule has 0 saturated carbocycles. The van der Waals surface area contributed by atoms with E-state index in [4.69, 9.17) is 10.8 Å². The van der Waals surface area contributed by atoms with Gasteiger partial charge in [0.15, 0.2) is 5.69 Å². The maximum absolute atomic E-state index is 11.3. The van der Waals surface area contributed by atoms with Gasteiger partial charge in [0.25, 0.3) is 0 Å². The number of nitrogens with zero attached hydrogens (tertiary/aromatic N) is 2. The summed E-state index contributed by atoms with van der Waals surface area (Å²) in [5.41, 5.74) is 5.25. The predicted octanol–water partition coefficient (Wildman–Crippen LogP) is -1.12. The summed E-state index contributed by atoms with van der Waals surface area (Å²) >= 11 is 0. The summed E-state index contributed by atoms with van der Waals surface area (Å²) in [7, 11) is 2.90. The van der Waals surface area contributed by atoms with Gasteiger partial charge in [-0.2, -0.15) is 0 Å². The van der Waals surface area contributed by atoms with E-state index in [1.54, 1.807) is 0 Å². The van der Waals surface area contributed by atoms with Crippen molar-refractivity contribution in [3.63, 3.8) is 0 Å². The summed E-state index contributed by atoms with van der Waals surface area (Å²) in [5, 5.41) is 8.79. The lowest BCUT2D eigenvalue weighted by molar-refractivity contribution is 0.0684. The fraction of sp³-hybridized carbons (Fsp3) is 0.429. The molecular weight excluding hydrogens is 174 g/mol. The van der Waals surface area contributed by atoms with Gasteiger partial charge in [-0.05, 0) is 0 Å². The van der Waals surface area contributed by atoms with Crippen LogP contribution in [-0.4, -0.2) is 20.2 Å². The van der Waals surface area contributed by atoms with E-state index in [0.717, 1.165) is 4.57 Å². The van der Waals surface area contributed by atoms with Crippen LogP contribution >= 0.6 is 0 Å². The smallest absolute Gasteiger partial charge is 0.354 e. The molecule has 0 atom stereocenters. The topological polar surface area (TPSA) is 90.2 Å². The van der Waals surface area contributed by atoms with E-state index < -0.39 is 5.97 Å². The van der Waals surface area contributed by atoms with Crippen LogP contribution in [0, 0.1) is 0 Å². The number of hydrogen-bond donors (Lipinski definition) is 2. The number of carbonyl (C=O) groups is 1. The van der Waals surface area contributed by atoms with Crippen LogP contribution in [0.4, 0.5) is 0 Å². The zero-order valence-electron chi connectivity index (χ0n) is 7.44. The molecule has 0 spiro atoms. The maximum Gasteiger partial charge on any atom is 0.354 e. The molecule has 6 nitrogen and oxygen atoms in total. The van der Waals surface area contributed by atoms with Crippen LogP contribution in [-0.2, 0) is 20.6 Å². The van der Waals surface area contributed by atoms with Crippen LogP contribution in [0.3, 0.4) is 0 Å². The summed E-state index contributed by atoms with van der Waals surface area (Å²) in [6.45, 7) is 0.0359. The van der Waals surface area contributed by atoms with Gasteiger partial charge >= 0.3 is 11.7 Å². The van der Waals surface area contributed by atoms with E-state index in [1.807, 2.05) is 0 Å². The van der Waals surface area contributed by atoms with Crippen LogP contribution in [0.15, 0.2) is 4.79 Å². The van der Waals surface area contributed by atoms with Gasteiger partial charge in [-0.25, -0.2) is 9.59 Å². The Morgan fingerprint density at radius 2 is 2.00 bits per heavy atom. The summed E-state index contributed by atoms with van der Waals surface area (Å²) < 4.78 is 2.31. The average molecular weight is 185 g/mol. The Bertz CT molecular complexity index is 402. The van der Waals surface area contributed by atoms with E-state index in [9.17, 15) is 9.59 Å². The number of carboxylic acids is 1. The fourth-order valence-corrected chi connectivity index (χ4v) is 1.29. The molecule has 1 aromatic rings. The van der Waals surface area contributed by atoms with Crippen molar-refractivity contribution in [2.24, 2.45) is 19.8 Å².